The summed E-state index contributed by atoms with van der Waals surface area (Å²) in [6.45, 7) is 1.92. The average molecular weight is 173 g/mol. The minimum atomic E-state index is 0.499. The van der Waals surface area contributed by atoms with Crippen LogP contribution in [0.2, 0.25) is 0 Å². The summed E-state index contributed by atoms with van der Waals surface area (Å²) >= 11 is 0. The molecular formula is C10H11N3. The molecule has 1 aromatic rings. The standard InChI is InChI=1S/C10H11N3/c1-7-3-8(5-11)10(12)9(4-7)6-13-2/h3-4,6H,12H2,1-2H3. The lowest BCUT2D eigenvalue weighted by molar-refractivity contribution is 1.40. The molecule has 3 nitrogen and oxygen atoms in total. The van der Waals surface area contributed by atoms with E-state index in [-0.39, 0.29) is 0 Å². The summed E-state index contributed by atoms with van der Waals surface area (Å²) in [5.74, 6) is 0. The van der Waals surface area contributed by atoms with Gasteiger partial charge in [-0.2, -0.15) is 5.26 Å². The zero-order valence-corrected chi connectivity index (χ0v) is 7.70. The third kappa shape index (κ3) is 1.85. The van der Waals surface area contributed by atoms with E-state index in [1.807, 2.05) is 19.1 Å². The average Bonchev–Trinajstić information content (AvgIpc) is 2.11. The van der Waals surface area contributed by atoms with Gasteiger partial charge in [0.25, 0.3) is 0 Å². The number of nitrogens with two attached hydrogens (primary N) is 1. The van der Waals surface area contributed by atoms with Gasteiger partial charge in [-0.25, -0.2) is 0 Å². The molecule has 0 amide bonds. The van der Waals surface area contributed by atoms with Crippen molar-refractivity contribution >= 4 is 11.9 Å². The van der Waals surface area contributed by atoms with Gasteiger partial charge in [0.1, 0.15) is 6.07 Å². The van der Waals surface area contributed by atoms with Gasteiger partial charge in [0, 0.05) is 18.8 Å². The fraction of sp³-hybridized carbons (Fsp3) is 0.200. The van der Waals surface area contributed by atoms with Crippen LogP contribution < -0.4 is 5.73 Å². The van der Waals surface area contributed by atoms with Crippen LogP contribution in [0.1, 0.15) is 16.7 Å². The van der Waals surface area contributed by atoms with Gasteiger partial charge in [-0.05, 0) is 24.6 Å². The van der Waals surface area contributed by atoms with E-state index in [4.69, 9.17) is 11.0 Å². The summed E-state index contributed by atoms with van der Waals surface area (Å²) in [6.07, 6.45) is 1.66. The van der Waals surface area contributed by atoms with Crippen molar-refractivity contribution in [1.29, 1.82) is 5.26 Å². The Balaban J connectivity index is 3.37. The van der Waals surface area contributed by atoms with Crippen molar-refractivity contribution in [3.63, 3.8) is 0 Å². The Morgan fingerprint density at radius 1 is 1.54 bits per heavy atom. The molecule has 3 heteroatoms. The van der Waals surface area contributed by atoms with Crippen LogP contribution in [-0.2, 0) is 0 Å². The van der Waals surface area contributed by atoms with Gasteiger partial charge in [-0.15, -0.1) is 0 Å². The number of nitrogen functional groups attached to an aromatic ring is 1. The molecular weight excluding hydrogens is 162 g/mol. The molecule has 1 aromatic carbocycles. The lowest BCUT2D eigenvalue weighted by Crippen LogP contribution is -1.98. The van der Waals surface area contributed by atoms with Gasteiger partial charge in [-0.1, -0.05) is 0 Å². The lowest BCUT2D eigenvalue weighted by atomic mass is 10.1. The highest BCUT2D eigenvalue weighted by Crippen LogP contribution is 2.17. The maximum absolute atomic E-state index is 8.76. The molecule has 0 aromatic heterocycles. The molecule has 0 unspecified atom stereocenters. The van der Waals surface area contributed by atoms with Crippen LogP contribution in [0.5, 0.6) is 0 Å². The van der Waals surface area contributed by atoms with Crippen LogP contribution in [0.3, 0.4) is 0 Å². The van der Waals surface area contributed by atoms with E-state index in [1.165, 1.54) is 0 Å². The summed E-state index contributed by atoms with van der Waals surface area (Å²) in [7, 11) is 1.67. The fourth-order valence-corrected chi connectivity index (χ4v) is 1.16. The van der Waals surface area contributed by atoms with Crippen molar-refractivity contribution in [3.05, 3.63) is 28.8 Å². The third-order valence-corrected chi connectivity index (χ3v) is 1.74. The SMILES string of the molecule is CN=Cc1cc(C)cc(C#N)c1N. The van der Waals surface area contributed by atoms with Crippen LogP contribution in [-0.4, -0.2) is 13.3 Å². The first-order valence-corrected chi connectivity index (χ1v) is 3.91. The molecule has 66 valence electrons. The number of rotatable bonds is 1. The highest BCUT2D eigenvalue weighted by atomic mass is 14.7. The largest absolute Gasteiger partial charge is 0.397 e. The highest BCUT2D eigenvalue weighted by molar-refractivity contribution is 5.89. The molecule has 2 N–H and O–H groups in total. The number of aryl methyl sites for hydroxylation is 1. The van der Waals surface area contributed by atoms with Gasteiger partial charge in [-0.3, -0.25) is 4.99 Å². The molecule has 0 saturated carbocycles. The first kappa shape index (κ1) is 9.27. The van der Waals surface area contributed by atoms with Crippen molar-refractivity contribution in [2.24, 2.45) is 4.99 Å². The number of anilines is 1. The van der Waals surface area contributed by atoms with Crippen molar-refractivity contribution in [2.45, 2.75) is 6.92 Å². The quantitative estimate of drug-likeness (QED) is 0.516. The molecule has 0 aliphatic rings. The second kappa shape index (κ2) is 3.72. The number of aliphatic imine (C=N–C) groups is 1. The Bertz CT molecular complexity index is 386. The fourth-order valence-electron chi connectivity index (χ4n) is 1.16. The van der Waals surface area contributed by atoms with Crippen LogP contribution in [0.25, 0.3) is 0 Å². The topological polar surface area (TPSA) is 62.2 Å². The first-order valence-electron chi connectivity index (χ1n) is 3.91. The van der Waals surface area contributed by atoms with Crippen molar-refractivity contribution in [2.75, 3.05) is 12.8 Å². The Morgan fingerprint density at radius 3 is 2.77 bits per heavy atom. The number of hydrogen-bond donors (Lipinski definition) is 1. The first-order chi connectivity index (χ1) is 6.19. The van der Waals surface area contributed by atoms with E-state index in [1.54, 1.807) is 19.3 Å². The van der Waals surface area contributed by atoms with E-state index < -0.39 is 0 Å². The lowest BCUT2D eigenvalue weighted by Gasteiger charge is -2.03. The molecule has 0 heterocycles. The Labute approximate surface area is 77.5 Å². The third-order valence-electron chi connectivity index (χ3n) is 1.74. The van der Waals surface area contributed by atoms with Crippen molar-refractivity contribution < 1.29 is 0 Å². The van der Waals surface area contributed by atoms with Gasteiger partial charge < -0.3 is 5.73 Å². The molecule has 0 radical (unpaired) electrons. The summed E-state index contributed by atoms with van der Waals surface area (Å²) in [4.78, 5) is 3.87. The van der Waals surface area contributed by atoms with E-state index >= 15 is 0 Å². The molecule has 1 rings (SSSR count). The summed E-state index contributed by atoms with van der Waals surface area (Å²) in [5.41, 5.74) is 8.56. The number of nitriles is 1. The molecule has 0 aliphatic heterocycles. The maximum Gasteiger partial charge on any atom is 0.101 e. The normalized spacial score (nSPS) is 10.2. The molecule has 0 aliphatic carbocycles. The van der Waals surface area contributed by atoms with Crippen LogP contribution in [0, 0.1) is 18.3 Å². The summed E-state index contributed by atoms with van der Waals surface area (Å²) in [6, 6.07) is 5.72. The molecule has 0 atom stereocenters. The number of hydrogen-bond acceptors (Lipinski definition) is 3. The zero-order valence-electron chi connectivity index (χ0n) is 7.70. The summed E-state index contributed by atoms with van der Waals surface area (Å²) in [5, 5.41) is 8.76. The van der Waals surface area contributed by atoms with Gasteiger partial charge >= 0.3 is 0 Å². The minimum absolute atomic E-state index is 0.499. The second-order valence-electron chi connectivity index (χ2n) is 2.81. The van der Waals surface area contributed by atoms with Crippen molar-refractivity contribution in [1.82, 2.24) is 0 Å². The number of benzene rings is 1. The molecule has 0 bridgehead atoms. The summed E-state index contributed by atoms with van der Waals surface area (Å²) < 4.78 is 0. The smallest absolute Gasteiger partial charge is 0.101 e. The molecule has 0 fully saturated rings. The van der Waals surface area contributed by atoms with Crippen LogP contribution in [0.15, 0.2) is 17.1 Å². The predicted molar refractivity (Wildman–Crippen MR) is 53.8 cm³/mol. The van der Waals surface area contributed by atoms with Gasteiger partial charge in [0.15, 0.2) is 0 Å². The maximum atomic E-state index is 8.76. The molecule has 13 heavy (non-hydrogen) atoms. The van der Waals surface area contributed by atoms with Gasteiger partial charge in [0.05, 0.1) is 11.3 Å². The number of nitrogens with zero attached hydrogens (tertiary/aromatic N) is 2. The molecule has 0 saturated heterocycles. The Kier molecular flexibility index (Phi) is 2.65. The van der Waals surface area contributed by atoms with E-state index in [0.717, 1.165) is 11.1 Å². The highest BCUT2D eigenvalue weighted by Gasteiger charge is 2.03. The monoisotopic (exact) mass is 173 g/mol. The van der Waals surface area contributed by atoms with E-state index in [9.17, 15) is 0 Å². The minimum Gasteiger partial charge on any atom is -0.397 e. The Morgan fingerprint density at radius 2 is 2.23 bits per heavy atom. The second-order valence-corrected chi connectivity index (χ2v) is 2.81. The zero-order chi connectivity index (χ0) is 9.84. The molecule has 0 spiro atoms. The predicted octanol–water partition coefficient (Wildman–Crippen LogP) is 1.50. The van der Waals surface area contributed by atoms with Crippen LogP contribution >= 0.6 is 0 Å². The van der Waals surface area contributed by atoms with E-state index in [0.29, 0.717) is 11.3 Å². The Hall–Kier alpha value is -1.82. The van der Waals surface area contributed by atoms with Crippen LogP contribution in [0.4, 0.5) is 5.69 Å². The van der Waals surface area contributed by atoms with E-state index in [2.05, 4.69) is 4.99 Å². The van der Waals surface area contributed by atoms with Gasteiger partial charge in [0.2, 0.25) is 0 Å². The van der Waals surface area contributed by atoms with Crippen molar-refractivity contribution in [3.8, 4) is 6.07 Å².